The summed E-state index contributed by atoms with van der Waals surface area (Å²) in [6.07, 6.45) is 5.67. The van der Waals surface area contributed by atoms with Crippen LogP contribution >= 0.6 is 0 Å². The fourth-order valence-corrected chi connectivity index (χ4v) is 3.97. The Morgan fingerprint density at radius 2 is 1.48 bits per heavy atom. The molecule has 1 nitrogen and oxygen atoms in total. The topological polar surface area (TPSA) is 12.9 Å². The maximum absolute atomic E-state index is 4.87. The van der Waals surface area contributed by atoms with Crippen molar-refractivity contribution < 1.29 is 0 Å². The number of benzene rings is 3. The van der Waals surface area contributed by atoms with Crippen LogP contribution in [0.25, 0.3) is 32.8 Å². The first-order valence-electron chi connectivity index (χ1n) is 8.29. The van der Waals surface area contributed by atoms with Crippen LogP contribution in [0.15, 0.2) is 66.9 Å². The molecular weight excluding hydrogens is 278 g/mol. The summed E-state index contributed by atoms with van der Waals surface area (Å²) in [5.74, 6) is 0. The van der Waals surface area contributed by atoms with Gasteiger partial charge in [0.05, 0.1) is 5.69 Å². The van der Waals surface area contributed by atoms with E-state index in [2.05, 4.69) is 66.9 Å². The molecule has 0 spiro atoms. The van der Waals surface area contributed by atoms with Crippen LogP contribution in [0.1, 0.15) is 17.5 Å². The van der Waals surface area contributed by atoms with Crippen LogP contribution in [0.3, 0.4) is 0 Å². The molecule has 0 radical (unpaired) electrons. The molecule has 0 bridgehead atoms. The Bertz CT molecular complexity index is 1030. The number of aromatic nitrogens is 1. The van der Waals surface area contributed by atoms with E-state index in [-0.39, 0.29) is 0 Å². The minimum absolute atomic E-state index is 1.12. The third-order valence-electron chi connectivity index (χ3n) is 5.01. The van der Waals surface area contributed by atoms with Gasteiger partial charge < -0.3 is 0 Å². The second-order valence-corrected chi connectivity index (χ2v) is 6.35. The summed E-state index contributed by atoms with van der Waals surface area (Å²) < 4.78 is 0. The highest BCUT2D eigenvalue weighted by Gasteiger charge is 2.16. The number of rotatable bonds is 1. The monoisotopic (exact) mass is 295 g/mol. The standard InChI is InChI=1S/C22H17N/c1-2-11-18-15(6-1)7-4-12-19(18)22-20-13-5-9-16-8-3-10-17(14-23-22)21(16)20/h1-2,4-7,9,11-14H,3,8,10H2. The summed E-state index contributed by atoms with van der Waals surface area (Å²) in [7, 11) is 0. The van der Waals surface area contributed by atoms with Gasteiger partial charge in [-0.1, -0.05) is 60.7 Å². The van der Waals surface area contributed by atoms with Crippen molar-refractivity contribution in [3.63, 3.8) is 0 Å². The summed E-state index contributed by atoms with van der Waals surface area (Å²) in [4.78, 5) is 4.87. The quantitative estimate of drug-likeness (QED) is 0.449. The number of hydrogen-bond acceptors (Lipinski definition) is 1. The van der Waals surface area contributed by atoms with Crippen molar-refractivity contribution in [1.29, 1.82) is 0 Å². The lowest BCUT2D eigenvalue weighted by atomic mass is 9.88. The molecule has 1 aliphatic carbocycles. The van der Waals surface area contributed by atoms with Gasteiger partial charge in [0.15, 0.2) is 0 Å². The van der Waals surface area contributed by atoms with E-state index in [0.717, 1.165) is 12.1 Å². The number of aryl methyl sites for hydroxylation is 2. The van der Waals surface area contributed by atoms with Crippen molar-refractivity contribution in [3.8, 4) is 11.3 Å². The molecule has 0 aliphatic heterocycles. The molecular formula is C22H17N. The average molecular weight is 295 g/mol. The third kappa shape index (κ3) is 1.90. The van der Waals surface area contributed by atoms with Gasteiger partial charge in [-0.15, -0.1) is 0 Å². The van der Waals surface area contributed by atoms with Crippen molar-refractivity contribution in [2.45, 2.75) is 19.3 Å². The van der Waals surface area contributed by atoms with Crippen molar-refractivity contribution in [2.24, 2.45) is 0 Å². The van der Waals surface area contributed by atoms with E-state index in [9.17, 15) is 0 Å². The first kappa shape index (κ1) is 12.8. The van der Waals surface area contributed by atoms with Crippen LogP contribution in [0, 0.1) is 0 Å². The second kappa shape index (κ2) is 4.92. The fraction of sp³-hybridized carbons (Fsp3) is 0.136. The summed E-state index contributed by atoms with van der Waals surface area (Å²) in [6, 6.07) is 21.8. The van der Waals surface area contributed by atoms with E-state index in [1.54, 1.807) is 0 Å². The Morgan fingerprint density at radius 1 is 0.696 bits per heavy atom. The average Bonchev–Trinajstić information content (AvgIpc) is 2.62. The largest absolute Gasteiger partial charge is 0.255 e. The molecule has 0 fully saturated rings. The van der Waals surface area contributed by atoms with Gasteiger partial charge in [-0.2, -0.15) is 0 Å². The normalized spacial score (nSPS) is 13.6. The van der Waals surface area contributed by atoms with Crippen LogP contribution < -0.4 is 0 Å². The van der Waals surface area contributed by atoms with E-state index in [1.807, 2.05) is 0 Å². The van der Waals surface area contributed by atoms with Gasteiger partial charge in [-0.25, -0.2) is 0 Å². The Hall–Kier alpha value is -2.67. The van der Waals surface area contributed by atoms with E-state index in [1.165, 1.54) is 51.1 Å². The van der Waals surface area contributed by atoms with Gasteiger partial charge >= 0.3 is 0 Å². The van der Waals surface area contributed by atoms with Gasteiger partial charge in [0.2, 0.25) is 0 Å². The predicted octanol–water partition coefficient (Wildman–Crippen LogP) is 5.54. The van der Waals surface area contributed by atoms with Crippen molar-refractivity contribution >= 4 is 21.5 Å². The molecule has 110 valence electrons. The molecule has 0 N–H and O–H groups in total. The van der Waals surface area contributed by atoms with Crippen LogP contribution in [0.5, 0.6) is 0 Å². The Labute approximate surface area is 135 Å². The summed E-state index contributed by atoms with van der Waals surface area (Å²) in [6.45, 7) is 0. The van der Waals surface area contributed by atoms with Gasteiger partial charge in [-0.3, -0.25) is 4.98 Å². The molecule has 0 saturated heterocycles. The van der Waals surface area contributed by atoms with Crippen LogP contribution in [0.4, 0.5) is 0 Å². The maximum Gasteiger partial charge on any atom is 0.0786 e. The molecule has 1 aliphatic rings. The van der Waals surface area contributed by atoms with E-state index < -0.39 is 0 Å². The lowest BCUT2D eigenvalue weighted by Gasteiger charge is -2.19. The molecule has 3 aromatic carbocycles. The fourth-order valence-electron chi connectivity index (χ4n) is 3.97. The summed E-state index contributed by atoms with van der Waals surface area (Å²) in [5.41, 5.74) is 5.24. The van der Waals surface area contributed by atoms with E-state index in [4.69, 9.17) is 4.98 Å². The zero-order valence-electron chi connectivity index (χ0n) is 12.9. The highest BCUT2D eigenvalue weighted by Crippen LogP contribution is 2.37. The molecule has 23 heavy (non-hydrogen) atoms. The predicted molar refractivity (Wildman–Crippen MR) is 96.7 cm³/mol. The highest BCUT2D eigenvalue weighted by molar-refractivity contribution is 6.05. The zero-order valence-corrected chi connectivity index (χ0v) is 12.9. The third-order valence-corrected chi connectivity index (χ3v) is 5.01. The van der Waals surface area contributed by atoms with Crippen molar-refractivity contribution in [1.82, 2.24) is 4.98 Å². The molecule has 0 unspecified atom stereocenters. The van der Waals surface area contributed by atoms with Crippen LogP contribution in [0.2, 0.25) is 0 Å². The van der Waals surface area contributed by atoms with E-state index >= 15 is 0 Å². The minimum Gasteiger partial charge on any atom is -0.255 e. The second-order valence-electron chi connectivity index (χ2n) is 6.35. The molecule has 0 amide bonds. The molecule has 0 atom stereocenters. The number of fused-ring (bicyclic) bond motifs is 1. The van der Waals surface area contributed by atoms with Gasteiger partial charge in [0, 0.05) is 17.1 Å². The zero-order chi connectivity index (χ0) is 15.2. The SMILES string of the molecule is c1ccc2c(-c3ncc4c5c(cccc35)CCC4)cccc2c1. The lowest BCUT2D eigenvalue weighted by molar-refractivity contribution is 0.804. The Balaban J connectivity index is 1.90. The van der Waals surface area contributed by atoms with E-state index in [0.29, 0.717) is 0 Å². The maximum atomic E-state index is 4.87. The number of nitrogens with zero attached hydrogens (tertiary/aromatic N) is 1. The summed E-state index contributed by atoms with van der Waals surface area (Å²) >= 11 is 0. The molecule has 0 saturated carbocycles. The molecule has 1 heterocycles. The lowest BCUT2D eigenvalue weighted by Crippen LogP contribution is -2.03. The molecule has 1 aromatic heterocycles. The molecule has 5 rings (SSSR count). The van der Waals surface area contributed by atoms with Gasteiger partial charge in [0.1, 0.15) is 0 Å². The minimum atomic E-state index is 1.12. The molecule has 4 aromatic rings. The smallest absolute Gasteiger partial charge is 0.0786 e. The van der Waals surface area contributed by atoms with Gasteiger partial charge in [-0.05, 0) is 46.5 Å². The van der Waals surface area contributed by atoms with Crippen molar-refractivity contribution in [2.75, 3.05) is 0 Å². The molecule has 1 heteroatoms. The number of pyridine rings is 1. The first-order chi connectivity index (χ1) is 11.4. The van der Waals surface area contributed by atoms with Crippen LogP contribution in [-0.4, -0.2) is 4.98 Å². The first-order valence-corrected chi connectivity index (χ1v) is 8.29. The van der Waals surface area contributed by atoms with Crippen LogP contribution in [-0.2, 0) is 12.8 Å². The Kier molecular flexibility index (Phi) is 2.75. The summed E-state index contributed by atoms with van der Waals surface area (Å²) in [5, 5.41) is 5.29. The van der Waals surface area contributed by atoms with Gasteiger partial charge in [0.25, 0.3) is 0 Å². The number of hydrogen-bond donors (Lipinski definition) is 0. The Morgan fingerprint density at radius 3 is 2.48 bits per heavy atom. The van der Waals surface area contributed by atoms with Crippen molar-refractivity contribution in [3.05, 3.63) is 78.0 Å². The highest BCUT2D eigenvalue weighted by atomic mass is 14.7.